The monoisotopic (exact) mass is 507 g/mol. The second kappa shape index (κ2) is 9.83. The molecule has 0 unspecified atom stereocenters. The molecule has 1 aliphatic rings. The van der Waals surface area contributed by atoms with Crippen LogP contribution in [0.1, 0.15) is 42.9 Å². The molecule has 1 heterocycles. The van der Waals surface area contributed by atoms with Crippen molar-refractivity contribution in [2.45, 2.75) is 31.8 Å². The van der Waals surface area contributed by atoms with Crippen LogP contribution in [0.15, 0.2) is 78.9 Å². The average Bonchev–Trinajstić information content (AvgIpc) is 3.62. The van der Waals surface area contributed by atoms with Crippen LogP contribution in [0.5, 0.6) is 0 Å². The highest BCUT2D eigenvalue weighted by Crippen LogP contribution is 2.42. The summed E-state index contributed by atoms with van der Waals surface area (Å²) < 4.78 is 6.15. The van der Waals surface area contributed by atoms with E-state index in [9.17, 15) is 4.79 Å². The van der Waals surface area contributed by atoms with Crippen LogP contribution in [0.3, 0.4) is 0 Å². The number of hydrogen-bond donors (Lipinski definition) is 1. The Hall–Kier alpha value is -2.79. The Labute approximate surface area is 213 Å². The fourth-order valence-electron chi connectivity index (χ4n) is 3.95. The SMILES string of the molecule is C[C@@H](OC(=O)Nc1cc(Cl)sc1-c1ccc(-c2ccc(C3CC3)cc2)cc1)c1ccc(Cl)cc1. The summed E-state index contributed by atoms with van der Waals surface area (Å²) in [4.78, 5) is 13.5. The largest absolute Gasteiger partial charge is 0.441 e. The first kappa shape index (κ1) is 23.0. The molecule has 172 valence electrons. The minimum absolute atomic E-state index is 0.416. The molecule has 1 atom stereocenters. The molecule has 0 aliphatic heterocycles. The lowest BCUT2D eigenvalue weighted by Gasteiger charge is -2.14. The number of ether oxygens (including phenoxy) is 1. The molecule has 1 aromatic heterocycles. The molecule has 0 radical (unpaired) electrons. The molecule has 1 saturated carbocycles. The maximum absolute atomic E-state index is 12.6. The number of anilines is 1. The number of hydrogen-bond acceptors (Lipinski definition) is 3. The highest BCUT2D eigenvalue weighted by atomic mass is 35.5. The number of benzene rings is 3. The highest BCUT2D eigenvalue weighted by Gasteiger charge is 2.23. The molecule has 5 rings (SSSR count). The summed E-state index contributed by atoms with van der Waals surface area (Å²) >= 11 is 13.7. The fourth-order valence-corrected chi connectivity index (χ4v) is 5.26. The second-order valence-electron chi connectivity index (χ2n) is 8.49. The van der Waals surface area contributed by atoms with E-state index in [4.69, 9.17) is 27.9 Å². The van der Waals surface area contributed by atoms with Crippen molar-refractivity contribution in [1.29, 1.82) is 0 Å². The molecule has 1 fully saturated rings. The van der Waals surface area contributed by atoms with Crippen molar-refractivity contribution < 1.29 is 9.53 Å². The average molecular weight is 508 g/mol. The van der Waals surface area contributed by atoms with Gasteiger partial charge in [0.25, 0.3) is 0 Å². The van der Waals surface area contributed by atoms with E-state index >= 15 is 0 Å². The van der Waals surface area contributed by atoms with Crippen molar-refractivity contribution in [3.63, 3.8) is 0 Å². The molecule has 0 bridgehead atoms. The third-order valence-electron chi connectivity index (χ3n) is 6.00. The molecule has 3 aromatic carbocycles. The van der Waals surface area contributed by atoms with Crippen molar-refractivity contribution in [1.82, 2.24) is 0 Å². The maximum Gasteiger partial charge on any atom is 0.412 e. The Morgan fingerprint density at radius 2 is 1.50 bits per heavy atom. The summed E-state index contributed by atoms with van der Waals surface area (Å²) in [5.74, 6) is 0.756. The molecule has 34 heavy (non-hydrogen) atoms. The van der Waals surface area contributed by atoms with Crippen LogP contribution in [0.25, 0.3) is 21.6 Å². The van der Waals surface area contributed by atoms with E-state index in [2.05, 4.69) is 53.8 Å². The predicted octanol–water partition coefficient (Wildman–Crippen LogP) is 9.58. The number of rotatable bonds is 6. The molecule has 6 heteroatoms. The number of nitrogens with one attached hydrogen (secondary N) is 1. The zero-order chi connectivity index (χ0) is 23.7. The quantitative estimate of drug-likeness (QED) is 0.282. The van der Waals surface area contributed by atoms with E-state index in [-0.39, 0.29) is 0 Å². The number of thiophene rings is 1. The number of carbonyl (C=O) groups excluding carboxylic acids is 1. The third-order valence-corrected chi connectivity index (χ3v) is 7.57. The van der Waals surface area contributed by atoms with E-state index in [0.717, 1.165) is 27.5 Å². The highest BCUT2D eigenvalue weighted by molar-refractivity contribution is 7.20. The standard InChI is InChI=1S/C28H23Cl2NO2S/c1-17(18-12-14-24(29)15-13-18)33-28(32)31-25-16-26(30)34-27(25)23-10-8-22(9-11-23)21-6-4-20(5-7-21)19-2-3-19/h4-17,19H,2-3H2,1H3,(H,31,32)/t17-/m1/s1. The lowest BCUT2D eigenvalue weighted by atomic mass is 10.0. The minimum Gasteiger partial charge on any atom is -0.441 e. The van der Waals surface area contributed by atoms with Gasteiger partial charge in [0.05, 0.1) is 14.9 Å². The molecule has 1 amide bonds. The van der Waals surface area contributed by atoms with Gasteiger partial charge in [0, 0.05) is 5.02 Å². The first-order chi connectivity index (χ1) is 16.5. The zero-order valence-corrected chi connectivity index (χ0v) is 20.9. The number of amides is 1. The van der Waals surface area contributed by atoms with Gasteiger partial charge in [-0.3, -0.25) is 5.32 Å². The summed E-state index contributed by atoms with van der Waals surface area (Å²) in [7, 11) is 0. The van der Waals surface area contributed by atoms with Gasteiger partial charge in [0.1, 0.15) is 6.10 Å². The van der Waals surface area contributed by atoms with Crippen LogP contribution in [-0.4, -0.2) is 6.09 Å². The zero-order valence-electron chi connectivity index (χ0n) is 18.6. The lowest BCUT2D eigenvalue weighted by molar-refractivity contribution is 0.121. The maximum atomic E-state index is 12.6. The van der Waals surface area contributed by atoms with Crippen LogP contribution >= 0.6 is 34.5 Å². The number of carbonyl (C=O) groups is 1. The Bertz CT molecular complexity index is 1290. The molecule has 4 aromatic rings. The van der Waals surface area contributed by atoms with E-state index in [1.54, 1.807) is 18.2 Å². The first-order valence-electron chi connectivity index (χ1n) is 11.2. The second-order valence-corrected chi connectivity index (χ2v) is 10.6. The van der Waals surface area contributed by atoms with Crippen LogP contribution in [-0.2, 0) is 4.74 Å². The Balaban J connectivity index is 1.29. The van der Waals surface area contributed by atoms with Gasteiger partial charge in [-0.1, -0.05) is 83.9 Å². The van der Waals surface area contributed by atoms with Crippen LogP contribution < -0.4 is 5.32 Å². The first-order valence-corrected chi connectivity index (χ1v) is 12.8. The molecular formula is C28H23Cl2NO2S. The topological polar surface area (TPSA) is 38.3 Å². The molecule has 1 N–H and O–H groups in total. The van der Waals surface area contributed by atoms with Crippen molar-refractivity contribution in [3.05, 3.63) is 99.3 Å². The van der Waals surface area contributed by atoms with Crippen LogP contribution in [0, 0.1) is 0 Å². The summed E-state index contributed by atoms with van der Waals surface area (Å²) in [6, 6.07) is 26.1. The van der Waals surface area contributed by atoms with Gasteiger partial charge >= 0.3 is 6.09 Å². The van der Waals surface area contributed by atoms with Gasteiger partial charge in [-0.15, -0.1) is 11.3 Å². The van der Waals surface area contributed by atoms with E-state index in [0.29, 0.717) is 15.0 Å². The normalized spacial score (nSPS) is 14.0. The smallest absolute Gasteiger partial charge is 0.412 e. The van der Waals surface area contributed by atoms with Gasteiger partial charge < -0.3 is 4.74 Å². The molecule has 1 aliphatic carbocycles. The summed E-state index contributed by atoms with van der Waals surface area (Å²) in [6.07, 6.45) is 1.66. The van der Waals surface area contributed by atoms with Crippen molar-refractivity contribution >= 4 is 46.3 Å². The van der Waals surface area contributed by atoms with Crippen molar-refractivity contribution in [3.8, 4) is 21.6 Å². The van der Waals surface area contributed by atoms with Crippen molar-refractivity contribution in [2.75, 3.05) is 5.32 Å². The third kappa shape index (κ3) is 5.30. The Morgan fingerprint density at radius 3 is 2.12 bits per heavy atom. The lowest BCUT2D eigenvalue weighted by Crippen LogP contribution is -2.16. The number of halogens is 2. The van der Waals surface area contributed by atoms with Gasteiger partial charge in [-0.2, -0.15) is 0 Å². The predicted molar refractivity (Wildman–Crippen MR) is 142 cm³/mol. The summed E-state index contributed by atoms with van der Waals surface area (Å²) in [6.45, 7) is 1.82. The molecule has 0 saturated heterocycles. The van der Waals surface area contributed by atoms with E-state index in [1.165, 1.54) is 35.3 Å². The fraction of sp³-hybridized carbons (Fsp3) is 0.179. The van der Waals surface area contributed by atoms with E-state index in [1.807, 2.05) is 19.1 Å². The van der Waals surface area contributed by atoms with Gasteiger partial charge in [0.2, 0.25) is 0 Å². The Morgan fingerprint density at radius 1 is 0.912 bits per heavy atom. The van der Waals surface area contributed by atoms with Crippen LogP contribution in [0.2, 0.25) is 9.36 Å². The van der Waals surface area contributed by atoms with Crippen molar-refractivity contribution in [2.24, 2.45) is 0 Å². The van der Waals surface area contributed by atoms with E-state index < -0.39 is 12.2 Å². The van der Waals surface area contributed by atoms with Crippen LogP contribution in [0.4, 0.5) is 10.5 Å². The van der Waals surface area contributed by atoms with Gasteiger partial charge in [-0.25, -0.2) is 4.79 Å². The minimum atomic E-state index is -0.537. The molecule has 3 nitrogen and oxygen atoms in total. The Kier molecular flexibility index (Phi) is 6.64. The molecule has 0 spiro atoms. The van der Waals surface area contributed by atoms with Gasteiger partial charge in [0.15, 0.2) is 0 Å². The molecular weight excluding hydrogens is 485 g/mol. The summed E-state index contributed by atoms with van der Waals surface area (Å²) in [5, 5.41) is 3.49. The summed E-state index contributed by atoms with van der Waals surface area (Å²) in [5.41, 5.74) is 6.25. The van der Waals surface area contributed by atoms with Gasteiger partial charge in [-0.05, 0) is 71.7 Å².